The van der Waals surface area contributed by atoms with Crippen LogP contribution in [-0.4, -0.2) is 69.8 Å². The fourth-order valence-electron chi connectivity index (χ4n) is 3.17. The van der Waals surface area contributed by atoms with Crippen LogP contribution in [0.15, 0.2) is 24.3 Å². The van der Waals surface area contributed by atoms with Crippen molar-refractivity contribution in [1.82, 2.24) is 10.2 Å². The Hall–Kier alpha value is -2.28. The molecule has 1 aromatic rings. The van der Waals surface area contributed by atoms with E-state index in [1.807, 2.05) is 29.2 Å². The number of amides is 3. The van der Waals surface area contributed by atoms with Crippen molar-refractivity contribution in [2.75, 3.05) is 51.8 Å². The fourth-order valence-corrected chi connectivity index (χ4v) is 3.17. The molecule has 3 rings (SSSR count). The topological polar surface area (TPSA) is 66.3 Å². The van der Waals surface area contributed by atoms with Gasteiger partial charge in [0.25, 0.3) is 0 Å². The molecule has 2 heterocycles. The second-order valence-electron chi connectivity index (χ2n) is 6.50. The van der Waals surface area contributed by atoms with Crippen molar-refractivity contribution < 1.29 is 19.2 Å². The van der Waals surface area contributed by atoms with Gasteiger partial charge in [-0.3, -0.25) is 4.79 Å². The minimum absolute atomic E-state index is 0.0355. The number of ether oxygens (including phenoxy) is 1. The third kappa shape index (κ3) is 3.62. The molecule has 0 spiro atoms. The summed E-state index contributed by atoms with van der Waals surface area (Å²) in [4.78, 5) is 29.6. The first kappa shape index (κ1) is 16.6. The van der Waals surface area contributed by atoms with Crippen LogP contribution in [0.5, 0.6) is 5.75 Å². The van der Waals surface area contributed by atoms with Crippen LogP contribution in [0.1, 0.15) is 6.42 Å². The van der Waals surface area contributed by atoms with Gasteiger partial charge in [-0.25, -0.2) is 4.79 Å². The lowest BCUT2D eigenvalue weighted by Crippen LogP contribution is -3.12. The normalized spacial score (nSPS) is 21.9. The molecule has 2 fully saturated rings. The largest absolute Gasteiger partial charge is 0.497 e. The monoisotopic (exact) mass is 333 g/mol. The molecule has 7 heteroatoms. The standard InChI is InChI=1S/C17H24N4O3/c1-19-7-9-20(10-8-19)17(23)18-13-11-16(22)21(12-13)14-3-5-15(24-2)6-4-14/h3-6,13H,7-12H2,1-2H3,(H,18,23)/p+1/t13-/m1/s1. The first-order valence-corrected chi connectivity index (χ1v) is 8.38. The van der Waals surface area contributed by atoms with Crippen molar-refractivity contribution in [2.24, 2.45) is 0 Å². The Bertz CT molecular complexity index is 596. The lowest BCUT2D eigenvalue weighted by molar-refractivity contribution is -0.883. The van der Waals surface area contributed by atoms with Gasteiger partial charge in [0.05, 0.1) is 46.4 Å². The average molecular weight is 333 g/mol. The average Bonchev–Trinajstić information content (AvgIpc) is 2.95. The molecule has 1 atom stereocenters. The van der Waals surface area contributed by atoms with Crippen molar-refractivity contribution in [3.05, 3.63) is 24.3 Å². The summed E-state index contributed by atoms with van der Waals surface area (Å²) in [7, 11) is 3.75. The summed E-state index contributed by atoms with van der Waals surface area (Å²) in [5.74, 6) is 0.792. The van der Waals surface area contributed by atoms with Crippen molar-refractivity contribution >= 4 is 17.6 Å². The number of nitrogens with one attached hydrogen (secondary N) is 2. The SMILES string of the molecule is COc1ccc(N2C[C@H](NC(=O)N3CC[NH+](C)CC3)CC2=O)cc1. The summed E-state index contributed by atoms with van der Waals surface area (Å²) in [6.45, 7) is 3.97. The second kappa shape index (κ2) is 7.09. The van der Waals surface area contributed by atoms with E-state index in [1.54, 1.807) is 12.0 Å². The van der Waals surface area contributed by atoms with E-state index in [4.69, 9.17) is 4.74 Å². The highest BCUT2D eigenvalue weighted by atomic mass is 16.5. The van der Waals surface area contributed by atoms with Gasteiger partial charge in [-0.2, -0.15) is 0 Å². The van der Waals surface area contributed by atoms with Crippen LogP contribution in [-0.2, 0) is 4.79 Å². The summed E-state index contributed by atoms with van der Waals surface area (Å²) < 4.78 is 5.14. The van der Waals surface area contributed by atoms with Crippen LogP contribution in [0, 0.1) is 0 Å². The van der Waals surface area contributed by atoms with Crippen molar-refractivity contribution in [2.45, 2.75) is 12.5 Å². The molecular weight excluding hydrogens is 308 g/mol. The molecule has 0 bridgehead atoms. The number of hydrogen-bond acceptors (Lipinski definition) is 3. The Kier molecular flexibility index (Phi) is 4.89. The number of quaternary nitrogens is 1. The van der Waals surface area contributed by atoms with Crippen LogP contribution < -0.4 is 19.9 Å². The lowest BCUT2D eigenvalue weighted by Gasteiger charge is -2.31. The van der Waals surface area contributed by atoms with Gasteiger partial charge >= 0.3 is 6.03 Å². The van der Waals surface area contributed by atoms with Gasteiger partial charge in [0.2, 0.25) is 5.91 Å². The van der Waals surface area contributed by atoms with Crippen molar-refractivity contribution in [1.29, 1.82) is 0 Å². The summed E-state index contributed by atoms with van der Waals surface area (Å²) in [6, 6.07) is 7.20. The van der Waals surface area contributed by atoms with Gasteiger partial charge in [-0.05, 0) is 24.3 Å². The van der Waals surface area contributed by atoms with Gasteiger partial charge in [0, 0.05) is 18.7 Å². The molecule has 7 nitrogen and oxygen atoms in total. The van der Waals surface area contributed by atoms with E-state index in [1.165, 1.54) is 4.90 Å². The number of urea groups is 1. The molecule has 0 aliphatic carbocycles. The quantitative estimate of drug-likeness (QED) is 0.772. The number of nitrogens with zero attached hydrogens (tertiary/aromatic N) is 2. The van der Waals surface area contributed by atoms with Crippen LogP contribution in [0.3, 0.4) is 0 Å². The zero-order chi connectivity index (χ0) is 17.1. The zero-order valence-corrected chi connectivity index (χ0v) is 14.2. The molecule has 2 aliphatic heterocycles. The van der Waals surface area contributed by atoms with Gasteiger partial charge in [0.1, 0.15) is 5.75 Å². The molecule has 2 saturated heterocycles. The Morgan fingerprint density at radius 2 is 1.92 bits per heavy atom. The highest BCUT2D eigenvalue weighted by Gasteiger charge is 2.33. The zero-order valence-electron chi connectivity index (χ0n) is 14.2. The summed E-state index contributed by atoms with van der Waals surface area (Å²) in [6.07, 6.45) is 0.344. The lowest BCUT2D eigenvalue weighted by atomic mass is 10.2. The van der Waals surface area contributed by atoms with E-state index in [-0.39, 0.29) is 18.0 Å². The molecular formula is C17H25N4O3+. The van der Waals surface area contributed by atoms with E-state index in [2.05, 4.69) is 12.4 Å². The number of benzene rings is 1. The first-order chi connectivity index (χ1) is 11.6. The molecule has 0 saturated carbocycles. The maximum atomic E-state index is 12.4. The third-order valence-corrected chi connectivity index (χ3v) is 4.74. The number of methoxy groups -OCH3 is 1. The first-order valence-electron chi connectivity index (χ1n) is 8.38. The molecule has 2 N–H and O–H groups in total. The predicted octanol–water partition coefficient (Wildman–Crippen LogP) is -0.660. The smallest absolute Gasteiger partial charge is 0.318 e. The van der Waals surface area contributed by atoms with Gasteiger partial charge in [-0.15, -0.1) is 0 Å². The Balaban J connectivity index is 1.57. The number of hydrogen-bond donors (Lipinski definition) is 2. The van der Waals surface area contributed by atoms with E-state index in [0.717, 1.165) is 37.6 Å². The third-order valence-electron chi connectivity index (χ3n) is 4.74. The number of rotatable bonds is 3. The van der Waals surface area contributed by atoms with Gasteiger partial charge < -0.3 is 24.8 Å². The van der Waals surface area contributed by atoms with E-state index >= 15 is 0 Å². The number of piperazine rings is 1. The molecule has 0 aromatic heterocycles. The van der Waals surface area contributed by atoms with Crippen molar-refractivity contribution in [3.8, 4) is 5.75 Å². The summed E-state index contributed by atoms with van der Waals surface area (Å²) >= 11 is 0. The Labute approximate surface area is 142 Å². The highest BCUT2D eigenvalue weighted by Crippen LogP contribution is 2.24. The maximum Gasteiger partial charge on any atom is 0.318 e. The molecule has 3 amide bonds. The molecule has 1 aromatic carbocycles. The summed E-state index contributed by atoms with van der Waals surface area (Å²) in [5.41, 5.74) is 0.834. The predicted molar refractivity (Wildman–Crippen MR) is 90.5 cm³/mol. The highest BCUT2D eigenvalue weighted by molar-refractivity contribution is 5.96. The van der Waals surface area contributed by atoms with E-state index in [9.17, 15) is 9.59 Å². The van der Waals surface area contributed by atoms with E-state index < -0.39 is 0 Å². The van der Waals surface area contributed by atoms with E-state index in [0.29, 0.717) is 13.0 Å². The minimum Gasteiger partial charge on any atom is -0.497 e. The Morgan fingerprint density at radius 3 is 2.54 bits per heavy atom. The second-order valence-corrected chi connectivity index (χ2v) is 6.50. The van der Waals surface area contributed by atoms with Crippen LogP contribution >= 0.6 is 0 Å². The van der Waals surface area contributed by atoms with Crippen LogP contribution in [0.2, 0.25) is 0 Å². The fraction of sp³-hybridized carbons (Fsp3) is 0.529. The van der Waals surface area contributed by atoms with Crippen molar-refractivity contribution in [3.63, 3.8) is 0 Å². The number of anilines is 1. The molecule has 0 unspecified atom stereocenters. The van der Waals surface area contributed by atoms with Crippen LogP contribution in [0.4, 0.5) is 10.5 Å². The number of likely N-dealkylation sites (N-methyl/N-ethyl adjacent to an activating group) is 1. The molecule has 0 radical (unpaired) electrons. The van der Waals surface area contributed by atoms with Gasteiger partial charge in [0.15, 0.2) is 0 Å². The Morgan fingerprint density at radius 1 is 1.25 bits per heavy atom. The maximum absolute atomic E-state index is 12.4. The number of carbonyl (C=O) groups is 2. The molecule has 24 heavy (non-hydrogen) atoms. The molecule has 130 valence electrons. The number of carbonyl (C=O) groups excluding carboxylic acids is 2. The minimum atomic E-state index is -0.140. The molecule has 2 aliphatic rings. The van der Waals surface area contributed by atoms with Gasteiger partial charge in [-0.1, -0.05) is 0 Å². The van der Waals surface area contributed by atoms with Crippen LogP contribution in [0.25, 0.3) is 0 Å². The summed E-state index contributed by atoms with van der Waals surface area (Å²) in [5, 5.41) is 3.01.